The van der Waals surface area contributed by atoms with Gasteiger partial charge < -0.3 is 9.47 Å². The maximum atomic E-state index is 11.5. The zero-order chi connectivity index (χ0) is 12.5. The number of carbonyl (C=O) groups is 1. The van der Waals surface area contributed by atoms with E-state index < -0.39 is 0 Å². The van der Waals surface area contributed by atoms with Gasteiger partial charge in [-0.25, -0.2) is 4.79 Å². The Bertz CT molecular complexity index is 335. The van der Waals surface area contributed by atoms with Gasteiger partial charge >= 0.3 is 5.97 Å². The average molecular weight is 301 g/mol. The highest BCUT2D eigenvalue weighted by Gasteiger charge is 2.06. The standard InChI is InChI=1S/C13H17BrO3/c1-2-3-9-16-12-6-4-11(5-7-12)13(15)17-10-8-14/h4-7H,2-3,8-10H2,1H3. The second-order valence-corrected chi connectivity index (χ2v) is 4.34. The van der Waals surface area contributed by atoms with Crippen molar-refractivity contribution in [3.8, 4) is 5.75 Å². The van der Waals surface area contributed by atoms with E-state index in [0.717, 1.165) is 18.6 Å². The summed E-state index contributed by atoms with van der Waals surface area (Å²) in [6, 6.07) is 7.02. The summed E-state index contributed by atoms with van der Waals surface area (Å²) >= 11 is 3.20. The molecule has 17 heavy (non-hydrogen) atoms. The van der Waals surface area contributed by atoms with Crippen molar-refractivity contribution in [2.24, 2.45) is 0 Å². The second kappa shape index (κ2) is 8.12. The normalized spacial score (nSPS) is 10.0. The van der Waals surface area contributed by atoms with Crippen LogP contribution >= 0.6 is 15.9 Å². The van der Waals surface area contributed by atoms with Gasteiger partial charge in [-0.2, -0.15) is 0 Å². The van der Waals surface area contributed by atoms with Crippen molar-refractivity contribution in [3.05, 3.63) is 29.8 Å². The lowest BCUT2D eigenvalue weighted by Crippen LogP contribution is -2.07. The largest absolute Gasteiger partial charge is 0.494 e. The minimum Gasteiger partial charge on any atom is -0.494 e. The molecule has 94 valence electrons. The van der Waals surface area contributed by atoms with E-state index in [2.05, 4.69) is 22.9 Å². The molecule has 1 aromatic rings. The Kier molecular flexibility index (Phi) is 6.70. The number of ether oxygens (including phenoxy) is 2. The minimum absolute atomic E-state index is 0.301. The third-order valence-electron chi connectivity index (χ3n) is 2.17. The van der Waals surface area contributed by atoms with Gasteiger partial charge in [0.1, 0.15) is 12.4 Å². The van der Waals surface area contributed by atoms with Crippen LogP contribution in [0.4, 0.5) is 0 Å². The predicted molar refractivity (Wildman–Crippen MR) is 70.9 cm³/mol. The fraction of sp³-hybridized carbons (Fsp3) is 0.462. The maximum Gasteiger partial charge on any atom is 0.338 e. The molecule has 1 aromatic carbocycles. The van der Waals surface area contributed by atoms with Gasteiger partial charge in [0.2, 0.25) is 0 Å². The summed E-state index contributed by atoms with van der Waals surface area (Å²) in [5.74, 6) is 0.486. The number of benzene rings is 1. The third kappa shape index (κ3) is 5.22. The Morgan fingerprint density at radius 2 is 1.94 bits per heavy atom. The monoisotopic (exact) mass is 300 g/mol. The van der Waals surface area contributed by atoms with Gasteiger partial charge in [0.25, 0.3) is 0 Å². The molecule has 0 heterocycles. The van der Waals surface area contributed by atoms with Crippen LogP contribution in [0.2, 0.25) is 0 Å². The van der Waals surface area contributed by atoms with Crippen molar-refractivity contribution in [1.82, 2.24) is 0 Å². The van der Waals surface area contributed by atoms with Gasteiger partial charge in [-0.1, -0.05) is 29.3 Å². The number of halogens is 1. The van der Waals surface area contributed by atoms with Crippen molar-refractivity contribution in [2.45, 2.75) is 19.8 Å². The summed E-state index contributed by atoms with van der Waals surface area (Å²) in [6.45, 7) is 3.21. The van der Waals surface area contributed by atoms with Crippen LogP contribution in [0.25, 0.3) is 0 Å². The van der Waals surface area contributed by atoms with Crippen LogP contribution in [0.5, 0.6) is 5.75 Å². The Balaban J connectivity index is 2.46. The topological polar surface area (TPSA) is 35.5 Å². The van der Waals surface area contributed by atoms with Crippen molar-refractivity contribution >= 4 is 21.9 Å². The minimum atomic E-state index is -0.301. The van der Waals surface area contributed by atoms with E-state index in [9.17, 15) is 4.79 Å². The summed E-state index contributed by atoms with van der Waals surface area (Å²) in [5.41, 5.74) is 0.550. The first kappa shape index (κ1) is 14.0. The summed E-state index contributed by atoms with van der Waals surface area (Å²) in [4.78, 5) is 11.5. The Labute approximate surface area is 110 Å². The van der Waals surface area contributed by atoms with Crippen LogP contribution in [0, 0.1) is 0 Å². The molecule has 0 aliphatic heterocycles. The summed E-state index contributed by atoms with van der Waals surface area (Å²) in [7, 11) is 0. The zero-order valence-corrected chi connectivity index (χ0v) is 11.5. The lowest BCUT2D eigenvalue weighted by Gasteiger charge is -2.06. The fourth-order valence-corrected chi connectivity index (χ4v) is 1.40. The molecular weight excluding hydrogens is 284 g/mol. The van der Waals surface area contributed by atoms with Crippen molar-refractivity contribution in [2.75, 3.05) is 18.5 Å². The number of carbonyl (C=O) groups excluding carboxylic acids is 1. The van der Waals surface area contributed by atoms with E-state index in [-0.39, 0.29) is 5.97 Å². The lowest BCUT2D eigenvalue weighted by atomic mass is 10.2. The van der Waals surface area contributed by atoms with Crippen molar-refractivity contribution in [1.29, 1.82) is 0 Å². The molecule has 4 heteroatoms. The molecule has 3 nitrogen and oxygen atoms in total. The van der Waals surface area contributed by atoms with Crippen LogP contribution in [-0.4, -0.2) is 24.5 Å². The molecule has 0 N–H and O–H groups in total. The average Bonchev–Trinajstić information content (AvgIpc) is 2.37. The first-order valence-corrected chi connectivity index (χ1v) is 6.86. The molecule has 0 spiro atoms. The first-order valence-electron chi connectivity index (χ1n) is 5.74. The summed E-state index contributed by atoms with van der Waals surface area (Å²) in [6.07, 6.45) is 2.14. The van der Waals surface area contributed by atoms with Crippen LogP contribution in [0.1, 0.15) is 30.1 Å². The molecule has 0 aromatic heterocycles. The molecule has 0 bridgehead atoms. The lowest BCUT2D eigenvalue weighted by molar-refractivity contribution is 0.0531. The van der Waals surface area contributed by atoms with E-state index in [1.54, 1.807) is 24.3 Å². The molecular formula is C13H17BrO3. The molecule has 0 aliphatic carbocycles. The van der Waals surface area contributed by atoms with E-state index in [1.807, 2.05) is 0 Å². The van der Waals surface area contributed by atoms with Crippen molar-refractivity contribution in [3.63, 3.8) is 0 Å². The Hall–Kier alpha value is -1.03. The SMILES string of the molecule is CCCCOc1ccc(C(=O)OCCBr)cc1. The number of hydrogen-bond donors (Lipinski definition) is 0. The highest BCUT2D eigenvalue weighted by molar-refractivity contribution is 9.09. The van der Waals surface area contributed by atoms with Crippen LogP contribution in [0.3, 0.4) is 0 Å². The first-order chi connectivity index (χ1) is 8.27. The van der Waals surface area contributed by atoms with Crippen molar-refractivity contribution < 1.29 is 14.3 Å². The van der Waals surface area contributed by atoms with E-state index in [0.29, 0.717) is 24.1 Å². The molecule has 0 radical (unpaired) electrons. The van der Waals surface area contributed by atoms with Gasteiger partial charge in [-0.3, -0.25) is 0 Å². The maximum absolute atomic E-state index is 11.5. The Morgan fingerprint density at radius 3 is 2.53 bits per heavy atom. The van der Waals surface area contributed by atoms with Gasteiger partial charge in [-0.05, 0) is 30.7 Å². The van der Waals surface area contributed by atoms with Gasteiger partial charge in [-0.15, -0.1) is 0 Å². The number of unbranched alkanes of at least 4 members (excludes halogenated alkanes) is 1. The highest BCUT2D eigenvalue weighted by atomic mass is 79.9. The number of rotatable bonds is 7. The molecule has 0 unspecified atom stereocenters. The molecule has 0 saturated heterocycles. The molecule has 0 aliphatic rings. The number of alkyl halides is 1. The molecule has 0 fully saturated rings. The smallest absolute Gasteiger partial charge is 0.338 e. The molecule has 1 rings (SSSR count). The predicted octanol–water partition coefficient (Wildman–Crippen LogP) is 3.42. The molecule has 0 atom stereocenters. The summed E-state index contributed by atoms with van der Waals surface area (Å²) < 4.78 is 10.5. The molecule has 0 saturated carbocycles. The van der Waals surface area contributed by atoms with E-state index in [1.165, 1.54) is 0 Å². The molecule has 0 amide bonds. The number of hydrogen-bond acceptors (Lipinski definition) is 3. The summed E-state index contributed by atoms with van der Waals surface area (Å²) in [5, 5.41) is 0.650. The Morgan fingerprint density at radius 1 is 1.24 bits per heavy atom. The van der Waals surface area contributed by atoms with Gasteiger partial charge in [0.05, 0.1) is 12.2 Å². The third-order valence-corrected chi connectivity index (χ3v) is 2.49. The van der Waals surface area contributed by atoms with Crippen LogP contribution in [0.15, 0.2) is 24.3 Å². The second-order valence-electron chi connectivity index (χ2n) is 3.55. The zero-order valence-electron chi connectivity index (χ0n) is 9.95. The van der Waals surface area contributed by atoms with E-state index >= 15 is 0 Å². The van der Waals surface area contributed by atoms with Gasteiger partial charge in [0.15, 0.2) is 0 Å². The van der Waals surface area contributed by atoms with Crippen LogP contribution in [-0.2, 0) is 4.74 Å². The van der Waals surface area contributed by atoms with Gasteiger partial charge in [0, 0.05) is 5.33 Å². The number of esters is 1. The fourth-order valence-electron chi connectivity index (χ4n) is 1.24. The van der Waals surface area contributed by atoms with Crippen LogP contribution < -0.4 is 4.74 Å². The quantitative estimate of drug-likeness (QED) is 0.440. The van der Waals surface area contributed by atoms with E-state index in [4.69, 9.17) is 9.47 Å². The highest BCUT2D eigenvalue weighted by Crippen LogP contribution is 2.13.